The number of hydrogen-bond donors (Lipinski definition) is 1. The van der Waals surface area contributed by atoms with Crippen LogP contribution in [0.15, 0.2) is 91.1 Å². The summed E-state index contributed by atoms with van der Waals surface area (Å²) in [4.78, 5) is 12.7. The molecule has 1 atom stereocenters. The van der Waals surface area contributed by atoms with Crippen LogP contribution < -0.4 is 5.32 Å². The lowest BCUT2D eigenvalue weighted by atomic mass is 9.91. The zero-order valence-electron chi connectivity index (χ0n) is 15.2. The number of nitrogens with one attached hydrogen (secondary N) is 1. The van der Waals surface area contributed by atoms with Crippen molar-refractivity contribution in [3.05, 3.63) is 102 Å². The van der Waals surface area contributed by atoms with E-state index in [0.29, 0.717) is 6.42 Å². The smallest absolute Gasteiger partial charge is 0.167 e. The van der Waals surface area contributed by atoms with E-state index in [1.807, 2.05) is 83.7 Å². The zero-order valence-corrected chi connectivity index (χ0v) is 15.2. The Balaban J connectivity index is 1.62. The van der Waals surface area contributed by atoms with E-state index in [-0.39, 0.29) is 11.8 Å². The summed E-state index contributed by atoms with van der Waals surface area (Å²) < 4.78 is 1.89. The summed E-state index contributed by atoms with van der Waals surface area (Å²) >= 11 is 0. The van der Waals surface area contributed by atoms with E-state index in [0.717, 1.165) is 33.8 Å². The molecule has 1 aliphatic rings. The highest BCUT2D eigenvalue weighted by molar-refractivity contribution is 6.03. The predicted molar refractivity (Wildman–Crippen MR) is 111 cm³/mol. The molecule has 4 heteroatoms. The first-order valence-corrected chi connectivity index (χ1v) is 9.39. The number of carbonyl (C=O) groups is 1. The lowest BCUT2D eigenvalue weighted by Gasteiger charge is -2.26. The normalized spacial score (nSPS) is 15.7. The van der Waals surface area contributed by atoms with Gasteiger partial charge in [0.2, 0.25) is 0 Å². The van der Waals surface area contributed by atoms with Gasteiger partial charge in [0.1, 0.15) is 0 Å². The van der Waals surface area contributed by atoms with Crippen LogP contribution in [0.2, 0.25) is 0 Å². The summed E-state index contributed by atoms with van der Waals surface area (Å²) in [6, 6.07) is 27.7. The Morgan fingerprint density at radius 3 is 2.32 bits per heavy atom. The molecule has 1 aromatic heterocycles. The van der Waals surface area contributed by atoms with E-state index in [1.54, 1.807) is 0 Å². The van der Waals surface area contributed by atoms with Gasteiger partial charge in [-0.1, -0.05) is 60.7 Å². The molecule has 136 valence electrons. The number of nitrogens with zero attached hydrogens (tertiary/aromatic N) is 2. The molecular weight excluding hydrogens is 346 g/mol. The van der Waals surface area contributed by atoms with Crippen molar-refractivity contribution in [1.29, 1.82) is 0 Å². The van der Waals surface area contributed by atoms with Gasteiger partial charge in [0.05, 0.1) is 17.4 Å². The Morgan fingerprint density at radius 2 is 1.54 bits per heavy atom. The van der Waals surface area contributed by atoms with Gasteiger partial charge in [0.15, 0.2) is 5.78 Å². The minimum atomic E-state index is -0.116. The van der Waals surface area contributed by atoms with Crippen molar-refractivity contribution in [2.45, 2.75) is 12.5 Å². The van der Waals surface area contributed by atoms with Crippen molar-refractivity contribution in [2.75, 3.05) is 5.32 Å². The van der Waals surface area contributed by atoms with Crippen molar-refractivity contribution in [3.8, 4) is 16.9 Å². The Bertz CT molecular complexity index is 1130. The van der Waals surface area contributed by atoms with Gasteiger partial charge >= 0.3 is 0 Å². The molecule has 0 saturated carbocycles. The van der Waals surface area contributed by atoms with Crippen LogP contribution in [0.1, 0.15) is 28.4 Å². The second kappa shape index (κ2) is 6.82. The second-order valence-electron chi connectivity index (χ2n) is 6.95. The monoisotopic (exact) mass is 365 g/mol. The molecular formula is C24H19N3O. The third-order valence-electron chi connectivity index (χ3n) is 5.13. The van der Waals surface area contributed by atoms with E-state index in [4.69, 9.17) is 5.10 Å². The molecule has 28 heavy (non-hydrogen) atoms. The number of ketones is 1. The van der Waals surface area contributed by atoms with Gasteiger partial charge in [-0.05, 0) is 24.3 Å². The van der Waals surface area contributed by atoms with Crippen LogP contribution in [0.5, 0.6) is 0 Å². The highest BCUT2D eigenvalue weighted by atomic mass is 16.1. The molecule has 1 N–H and O–H groups in total. The summed E-state index contributed by atoms with van der Waals surface area (Å²) in [6.07, 6.45) is 2.45. The predicted octanol–water partition coefficient (Wildman–Crippen LogP) is 5.28. The lowest BCUT2D eigenvalue weighted by molar-refractivity contribution is 0.0972. The topological polar surface area (TPSA) is 46.9 Å². The average molecular weight is 365 g/mol. The lowest BCUT2D eigenvalue weighted by Crippen LogP contribution is -2.22. The molecule has 4 aromatic rings. The minimum absolute atomic E-state index is 0.116. The van der Waals surface area contributed by atoms with Crippen molar-refractivity contribution >= 4 is 11.5 Å². The summed E-state index contributed by atoms with van der Waals surface area (Å²) in [5, 5.41) is 8.42. The van der Waals surface area contributed by atoms with Crippen LogP contribution in [-0.2, 0) is 0 Å². The van der Waals surface area contributed by atoms with Crippen molar-refractivity contribution in [1.82, 2.24) is 9.78 Å². The van der Waals surface area contributed by atoms with Gasteiger partial charge in [-0.25, -0.2) is 4.68 Å². The third kappa shape index (κ3) is 2.89. The fourth-order valence-electron chi connectivity index (χ4n) is 3.75. The van der Waals surface area contributed by atoms with Gasteiger partial charge in [-0.3, -0.25) is 4.79 Å². The molecule has 2 heterocycles. The van der Waals surface area contributed by atoms with Gasteiger partial charge in [0.25, 0.3) is 0 Å². The second-order valence-corrected chi connectivity index (χ2v) is 6.95. The fourth-order valence-corrected chi connectivity index (χ4v) is 3.75. The number of rotatable bonds is 3. The number of Topliss-reactive ketones (excluding diaryl/α,β-unsaturated/α-hetero) is 1. The summed E-state index contributed by atoms with van der Waals surface area (Å²) in [7, 11) is 0. The first kappa shape index (κ1) is 16.5. The standard InChI is InChI=1S/C24H19N3O/c28-23-15-22(25-21-14-8-7-13-19(21)23)20-16-27(18-11-5-2-6-12-18)26-24(20)17-9-3-1-4-10-17/h1-14,16,22,25H,15H2. The first-order valence-electron chi connectivity index (χ1n) is 9.39. The highest BCUT2D eigenvalue weighted by Gasteiger charge is 2.29. The number of para-hydroxylation sites is 2. The van der Waals surface area contributed by atoms with Crippen molar-refractivity contribution < 1.29 is 4.79 Å². The maximum Gasteiger partial charge on any atom is 0.167 e. The van der Waals surface area contributed by atoms with E-state index >= 15 is 0 Å². The molecule has 1 unspecified atom stereocenters. The summed E-state index contributed by atoms with van der Waals surface area (Å²) in [6.45, 7) is 0. The number of carbonyl (C=O) groups excluding carboxylic acids is 1. The van der Waals surface area contributed by atoms with Gasteiger partial charge < -0.3 is 5.32 Å². The summed E-state index contributed by atoms with van der Waals surface area (Å²) in [5.41, 5.74) is 5.60. The molecule has 4 nitrogen and oxygen atoms in total. The number of aromatic nitrogens is 2. The van der Waals surface area contributed by atoms with E-state index in [2.05, 4.69) is 17.4 Å². The van der Waals surface area contributed by atoms with E-state index < -0.39 is 0 Å². The van der Waals surface area contributed by atoms with Gasteiger partial charge in [0, 0.05) is 35.0 Å². The molecule has 0 spiro atoms. The quantitative estimate of drug-likeness (QED) is 0.537. The first-order chi connectivity index (χ1) is 13.8. The molecule has 5 rings (SSSR count). The molecule has 0 radical (unpaired) electrons. The van der Waals surface area contributed by atoms with Crippen molar-refractivity contribution in [2.24, 2.45) is 0 Å². The molecule has 0 fully saturated rings. The molecule has 3 aromatic carbocycles. The maximum atomic E-state index is 12.7. The third-order valence-corrected chi connectivity index (χ3v) is 5.13. The fraction of sp³-hybridized carbons (Fsp3) is 0.0833. The minimum Gasteiger partial charge on any atom is -0.377 e. The van der Waals surface area contributed by atoms with E-state index in [9.17, 15) is 4.79 Å². The zero-order chi connectivity index (χ0) is 18.9. The molecule has 0 aliphatic carbocycles. The Labute approximate surface area is 163 Å². The average Bonchev–Trinajstić information content (AvgIpc) is 3.21. The Kier molecular flexibility index (Phi) is 4.02. The summed E-state index contributed by atoms with van der Waals surface area (Å²) in [5.74, 6) is 0.158. The van der Waals surface area contributed by atoms with Crippen LogP contribution in [0.3, 0.4) is 0 Å². The Morgan fingerprint density at radius 1 is 0.857 bits per heavy atom. The number of benzene rings is 3. The Hall–Kier alpha value is -3.66. The number of fused-ring (bicyclic) bond motifs is 1. The van der Waals surface area contributed by atoms with Crippen LogP contribution in [0.4, 0.5) is 5.69 Å². The van der Waals surface area contributed by atoms with Crippen LogP contribution >= 0.6 is 0 Å². The van der Waals surface area contributed by atoms with Crippen LogP contribution in [0.25, 0.3) is 16.9 Å². The molecule has 0 bridgehead atoms. The number of hydrogen-bond acceptors (Lipinski definition) is 3. The van der Waals surface area contributed by atoms with Gasteiger partial charge in [-0.2, -0.15) is 5.10 Å². The van der Waals surface area contributed by atoms with Crippen molar-refractivity contribution in [3.63, 3.8) is 0 Å². The SMILES string of the molecule is O=C1CC(c2cn(-c3ccccc3)nc2-c2ccccc2)Nc2ccccc21. The van der Waals surface area contributed by atoms with Crippen LogP contribution in [0, 0.1) is 0 Å². The van der Waals surface area contributed by atoms with Gasteiger partial charge in [-0.15, -0.1) is 0 Å². The molecule has 0 saturated heterocycles. The molecule has 1 aliphatic heterocycles. The van der Waals surface area contributed by atoms with Crippen LogP contribution in [-0.4, -0.2) is 15.6 Å². The van der Waals surface area contributed by atoms with E-state index in [1.165, 1.54) is 0 Å². The highest BCUT2D eigenvalue weighted by Crippen LogP contribution is 2.37. The number of anilines is 1. The molecule has 0 amide bonds. The largest absolute Gasteiger partial charge is 0.377 e. The maximum absolute atomic E-state index is 12.7.